The standard InChI is InChI=1S/C8H9N3OS2/c1-3-12-7-9-4(2)5-6(10-7)11-8(13)14-5/h3H2,1-2H3,(H,9,10,11,13). The van der Waals surface area contributed by atoms with Crippen LogP contribution >= 0.6 is 23.6 Å². The molecule has 0 aliphatic carbocycles. The van der Waals surface area contributed by atoms with Gasteiger partial charge >= 0.3 is 6.01 Å². The molecule has 2 rings (SSSR count). The Labute approximate surface area is 90.0 Å². The van der Waals surface area contributed by atoms with E-state index in [-0.39, 0.29) is 0 Å². The van der Waals surface area contributed by atoms with Crippen molar-refractivity contribution in [3.8, 4) is 6.01 Å². The van der Waals surface area contributed by atoms with Crippen LogP contribution in [0.15, 0.2) is 0 Å². The van der Waals surface area contributed by atoms with E-state index in [2.05, 4.69) is 15.0 Å². The van der Waals surface area contributed by atoms with E-state index < -0.39 is 0 Å². The Kier molecular flexibility index (Phi) is 2.47. The van der Waals surface area contributed by atoms with E-state index in [1.165, 1.54) is 11.3 Å². The summed E-state index contributed by atoms with van der Waals surface area (Å²) < 4.78 is 6.94. The molecular weight excluding hydrogens is 218 g/mol. The van der Waals surface area contributed by atoms with Crippen LogP contribution in [0, 0.1) is 10.9 Å². The summed E-state index contributed by atoms with van der Waals surface area (Å²) in [7, 11) is 0. The van der Waals surface area contributed by atoms with Gasteiger partial charge in [-0.05, 0) is 26.1 Å². The fourth-order valence-electron chi connectivity index (χ4n) is 1.15. The van der Waals surface area contributed by atoms with Gasteiger partial charge in [0.2, 0.25) is 0 Å². The second-order valence-electron chi connectivity index (χ2n) is 2.72. The molecule has 0 saturated heterocycles. The minimum atomic E-state index is 0.404. The average Bonchev–Trinajstić information content (AvgIpc) is 2.47. The summed E-state index contributed by atoms with van der Waals surface area (Å²) in [5, 5.41) is 0. The first-order valence-corrected chi connectivity index (χ1v) is 5.43. The number of nitrogens with one attached hydrogen (secondary N) is 1. The molecular formula is C8H9N3OS2. The molecule has 0 spiro atoms. The van der Waals surface area contributed by atoms with Crippen molar-refractivity contribution in [2.75, 3.05) is 6.61 Å². The molecule has 0 radical (unpaired) electrons. The van der Waals surface area contributed by atoms with Crippen LogP contribution in [0.2, 0.25) is 0 Å². The monoisotopic (exact) mass is 227 g/mol. The van der Waals surface area contributed by atoms with E-state index in [1.54, 1.807) is 0 Å². The predicted molar refractivity (Wildman–Crippen MR) is 58.5 cm³/mol. The highest BCUT2D eigenvalue weighted by molar-refractivity contribution is 7.73. The third kappa shape index (κ3) is 1.62. The van der Waals surface area contributed by atoms with Gasteiger partial charge in [0.25, 0.3) is 0 Å². The zero-order chi connectivity index (χ0) is 10.1. The molecule has 0 amide bonds. The number of nitrogens with zero attached hydrogens (tertiary/aromatic N) is 2. The number of aryl methyl sites for hydroxylation is 1. The maximum absolute atomic E-state index is 5.23. The number of H-pyrrole nitrogens is 1. The molecule has 4 nitrogen and oxygen atoms in total. The first-order chi connectivity index (χ1) is 6.70. The van der Waals surface area contributed by atoms with Gasteiger partial charge in [-0.2, -0.15) is 9.97 Å². The number of thiazole rings is 1. The van der Waals surface area contributed by atoms with Crippen molar-refractivity contribution in [1.29, 1.82) is 0 Å². The van der Waals surface area contributed by atoms with Gasteiger partial charge in [0, 0.05) is 0 Å². The highest BCUT2D eigenvalue weighted by Gasteiger charge is 2.07. The number of ether oxygens (including phenoxy) is 1. The third-order valence-electron chi connectivity index (χ3n) is 1.70. The molecule has 0 aliphatic heterocycles. The zero-order valence-corrected chi connectivity index (χ0v) is 9.46. The Morgan fingerprint density at radius 2 is 2.29 bits per heavy atom. The number of hydrogen-bond acceptors (Lipinski definition) is 5. The van der Waals surface area contributed by atoms with Gasteiger partial charge in [0.15, 0.2) is 9.60 Å². The summed E-state index contributed by atoms with van der Waals surface area (Å²) in [4.78, 5) is 11.4. The SMILES string of the molecule is CCOc1nc(C)c2sc(=S)[nH]c2n1. The molecule has 0 atom stereocenters. The number of fused-ring (bicyclic) bond motifs is 1. The normalized spacial score (nSPS) is 10.7. The van der Waals surface area contributed by atoms with E-state index >= 15 is 0 Å². The number of aromatic amines is 1. The summed E-state index contributed by atoms with van der Waals surface area (Å²) in [5.41, 5.74) is 1.66. The topological polar surface area (TPSA) is 50.8 Å². The number of aromatic nitrogens is 3. The zero-order valence-electron chi connectivity index (χ0n) is 7.83. The van der Waals surface area contributed by atoms with E-state index in [9.17, 15) is 0 Å². The van der Waals surface area contributed by atoms with Crippen LogP contribution < -0.4 is 4.74 Å². The second kappa shape index (κ2) is 3.62. The van der Waals surface area contributed by atoms with Crippen LogP contribution in [0.25, 0.3) is 10.3 Å². The Hall–Kier alpha value is -1.01. The summed E-state index contributed by atoms with van der Waals surface area (Å²) in [5.74, 6) is 0. The fourth-order valence-corrected chi connectivity index (χ4v) is 2.22. The minimum Gasteiger partial charge on any atom is -0.464 e. The summed E-state index contributed by atoms with van der Waals surface area (Å²) >= 11 is 6.52. The Balaban J connectivity index is 2.65. The van der Waals surface area contributed by atoms with Crippen LogP contribution in [0.5, 0.6) is 6.01 Å². The van der Waals surface area contributed by atoms with Crippen LogP contribution in [0.1, 0.15) is 12.6 Å². The molecule has 0 fully saturated rings. The molecule has 2 aromatic heterocycles. The molecule has 0 aliphatic rings. The van der Waals surface area contributed by atoms with Gasteiger partial charge in [0.1, 0.15) is 0 Å². The van der Waals surface area contributed by atoms with Crippen molar-refractivity contribution < 1.29 is 4.74 Å². The molecule has 2 aromatic rings. The van der Waals surface area contributed by atoms with E-state index in [0.29, 0.717) is 16.6 Å². The first kappa shape index (κ1) is 9.54. The summed E-state index contributed by atoms with van der Waals surface area (Å²) in [6, 6.07) is 0.404. The molecule has 0 unspecified atom stereocenters. The Morgan fingerprint density at radius 3 is 3.00 bits per heavy atom. The largest absolute Gasteiger partial charge is 0.464 e. The van der Waals surface area contributed by atoms with Crippen LogP contribution in [-0.4, -0.2) is 21.6 Å². The van der Waals surface area contributed by atoms with E-state index in [0.717, 1.165) is 16.0 Å². The lowest BCUT2D eigenvalue weighted by Gasteiger charge is -2.01. The quantitative estimate of drug-likeness (QED) is 0.801. The molecule has 0 bridgehead atoms. The van der Waals surface area contributed by atoms with Gasteiger partial charge in [-0.25, -0.2) is 0 Å². The van der Waals surface area contributed by atoms with Crippen LogP contribution in [0.4, 0.5) is 0 Å². The average molecular weight is 227 g/mol. The lowest BCUT2D eigenvalue weighted by Crippen LogP contribution is -1.98. The van der Waals surface area contributed by atoms with Crippen molar-refractivity contribution in [3.63, 3.8) is 0 Å². The molecule has 14 heavy (non-hydrogen) atoms. The minimum absolute atomic E-state index is 0.404. The second-order valence-corrected chi connectivity index (χ2v) is 4.40. The maximum Gasteiger partial charge on any atom is 0.318 e. The lowest BCUT2D eigenvalue weighted by atomic mass is 10.4. The van der Waals surface area contributed by atoms with E-state index in [4.69, 9.17) is 17.0 Å². The van der Waals surface area contributed by atoms with Gasteiger partial charge in [-0.1, -0.05) is 0 Å². The fraction of sp³-hybridized carbons (Fsp3) is 0.375. The summed E-state index contributed by atoms with van der Waals surface area (Å²) in [6.45, 7) is 4.39. The maximum atomic E-state index is 5.23. The van der Waals surface area contributed by atoms with Gasteiger partial charge in [-0.15, -0.1) is 11.3 Å². The Bertz CT molecular complexity index is 517. The van der Waals surface area contributed by atoms with Gasteiger partial charge < -0.3 is 9.72 Å². The lowest BCUT2D eigenvalue weighted by molar-refractivity contribution is 0.313. The molecule has 2 heterocycles. The Morgan fingerprint density at radius 1 is 1.50 bits per heavy atom. The highest BCUT2D eigenvalue weighted by Crippen LogP contribution is 2.22. The predicted octanol–water partition coefficient (Wildman–Crippen LogP) is 2.46. The van der Waals surface area contributed by atoms with Crippen molar-refractivity contribution in [2.24, 2.45) is 0 Å². The van der Waals surface area contributed by atoms with Crippen LogP contribution in [0.3, 0.4) is 0 Å². The van der Waals surface area contributed by atoms with Crippen LogP contribution in [-0.2, 0) is 0 Å². The smallest absolute Gasteiger partial charge is 0.318 e. The first-order valence-electron chi connectivity index (χ1n) is 4.21. The van der Waals surface area contributed by atoms with Gasteiger partial charge in [-0.3, -0.25) is 0 Å². The summed E-state index contributed by atoms with van der Waals surface area (Å²) in [6.07, 6.45) is 0. The number of hydrogen-bond donors (Lipinski definition) is 1. The third-order valence-corrected chi connectivity index (χ3v) is 3.04. The highest BCUT2D eigenvalue weighted by atomic mass is 32.1. The van der Waals surface area contributed by atoms with Crippen molar-refractivity contribution in [3.05, 3.63) is 9.65 Å². The van der Waals surface area contributed by atoms with E-state index in [1.807, 2.05) is 13.8 Å². The molecule has 0 aromatic carbocycles. The number of rotatable bonds is 2. The van der Waals surface area contributed by atoms with Gasteiger partial charge in [0.05, 0.1) is 17.0 Å². The molecule has 6 heteroatoms. The molecule has 1 N–H and O–H groups in total. The van der Waals surface area contributed by atoms with Crippen molar-refractivity contribution >= 4 is 33.9 Å². The molecule has 0 saturated carbocycles. The van der Waals surface area contributed by atoms with Crippen molar-refractivity contribution in [1.82, 2.24) is 15.0 Å². The van der Waals surface area contributed by atoms with Crippen molar-refractivity contribution in [2.45, 2.75) is 13.8 Å². The molecule has 74 valence electrons.